The minimum absolute atomic E-state index is 0.210. The van der Waals surface area contributed by atoms with Gasteiger partial charge in [-0.1, -0.05) is 24.3 Å². The smallest absolute Gasteiger partial charge is 0.312 e. The van der Waals surface area contributed by atoms with E-state index in [4.69, 9.17) is 4.74 Å². The van der Waals surface area contributed by atoms with Crippen molar-refractivity contribution < 1.29 is 23.1 Å². The topological polar surface area (TPSA) is 79.5 Å². The van der Waals surface area contributed by atoms with Crippen LogP contribution < -0.4 is 16.2 Å². The number of ether oxygens (including phenoxy) is 1. The van der Waals surface area contributed by atoms with Crippen molar-refractivity contribution in [2.75, 3.05) is 13.2 Å². The lowest BCUT2D eigenvalue weighted by Gasteiger charge is -2.17. The van der Waals surface area contributed by atoms with Crippen LogP contribution in [0.5, 0.6) is 0 Å². The Morgan fingerprint density at radius 2 is 1.67 bits per heavy atom. The van der Waals surface area contributed by atoms with E-state index < -0.39 is 24.4 Å². The SMILES string of the molecule is O=C(COC(=O)C1CNNC1c1ccc(F)cc1)NCc1ccc(F)cc1. The number of halogens is 2. The van der Waals surface area contributed by atoms with Gasteiger partial charge in [0.1, 0.15) is 11.6 Å². The maximum atomic E-state index is 13.1. The van der Waals surface area contributed by atoms with Crippen molar-refractivity contribution in [2.45, 2.75) is 12.6 Å². The third kappa shape index (κ3) is 5.08. The molecule has 3 rings (SSSR count). The van der Waals surface area contributed by atoms with Gasteiger partial charge in [-0.15, -0.1) is 0 Å². The molecule has 6 nitrogen and oxygen atoms in total. The number of hydrogen-bond acceptors (Lipinski definition) is 5. The molecule has 142 valence electrons. The minimum atomic E-state index is -0.541. The Balaban J connectivity index is 1.48. The molecule has 1 aliphatic rings. The summed E-state index contributed by atoms with van der Waals surface area (Å²) in [6.07, 6.45) is 0. The van der Waals surface area contributed by atoms with Crippen LogP contribution >= 0.6 is 0 Å². The van der Waals surface area contributed by atoms with Gasteiger partial charge >= 0.3 is 5.97 Å². The molecule has 8 heteroatoms. The average molecular weight is 375 g/mol. The van der Waals surface area contributed by atoms with Crippen molar-refractivity contribution in [1.29, 1.82) is 0 Å². The second kappa shape index (κ2) is 8.70. The fraction of sp³-hybridized carbons (Fsp3) is 0.263. The van der Waals surface area contributed by atoms with Gasteiger partial charge < -0.3 is 10.1 Å². The maximum absolute atomic E-state index is 13.1. The highest BCUT2D eigenvalue weighted by Crippen LogP contribution is 2.26. The van der Waals surface area contributed by atoms with Crippen molar-refractivity contribution in [2.24, 2.45) is 5.92 Å². The van der Waals surface area contributed by atoms with E-state index in [1.165, 1.54) is 24.3 Å². The van der Waals surface area contributed by atoms with Crippen LogP contribution in [0.15, 0.2) is 48.5 Å². The summed E-state index contributed by atoms with van der Waals surface area (Å²) in [5, 5.41) is 2.60. The van der Waals surface area contributed by atoms with Gasteiger partial charge in [0.25, 0.3) is 5.91 Å². The van der Waals surface area contributed by atoms with Crippen LogP contribution in [0.3, 0.4) is 0 Å². The number of carbonyl (C=O) groups is 2. The predicted octanol–water partition coefficient (Wildman–Crippen LogP) is 1.59. The van der Waals surface area contributed by atoms with E-state index in [2.05, 4.69) is 16.2 Å². The van der Waals surface area contributed by atoms with Crippen LogP contribution in [0.1, 0.15) is 17.2 Å². The molecule has 0 bridgehead atoms. The lowest BCUT2D eigenvalue weighted by Crippen LogP contribution is -2.32. The second-order valence-corrected chi connectivity index (χ2v) is 6.17. The second-order valence-electron chi connectivity index (χ2n) is 6.17. The first-order chi connectivity index (χ1) is 13.0. The fourth-order valence-electron chi connectivity index (χ4n) is 2.80. The van der Waals surface area contributed by atoms with Crippen LogP contribution in [-0.4, -0.2) is 25.0 Å². The highest BCUT2D eigenvalue weighted by molar-refractivity contribution is 5.81. The molecule has 1 amide bonds. The van der Waals surface area contributed by atoms with Gasteiger partial charge in [0.2, 0.25) is 0 Å². The van der Waals surface area contributed by atoms with Crippen molar-refractivity contribution in [1.82, 2.24) is 16.2 Å². The molecule has 2 aromatic rings. The van der Waals surface area contributed by atoms with E-state index in [1.807, 2.05) is 0 Å². The molecular weight excluding hydrogens is 356 g/mol. The van der Waals surface area contributed by atoms with Crippen molar-refractivity contribution in [3.8, 4) is 0 Å². The Bertz CT molecular complexity index is 797. The molecule has 1 heterocycles. The quantitative estimate of drug-likeness (QED) is 0.669. The Hall–Kier alpha value is -2.84. The Labute approximate surface area is 154 Å². The van der Waals surface area contributed by atoms with Crippen LogP contribution in [0.4, 0.5) is 8.78 Å². The number of benzene rings is 2. The Morgan fingerprint density at radius 3 is 2.33 bits per heavy atom. The molecule has 27 heavy (non-hydrogen) atoms. The monoisotopic (exact) mass is 375 g/mol. The van der Waals surface area contributed by atoms with Gasteiger partial charge in [-0.2, -0.15) is 0 Å². The number of rotatable bonds is 6. The molecule has 0 saturated carbocycles. The molecule has 2 atom stereocenters. The third-order valence-corrected chi connectivity index (χ3v) is 4.26. The lowest BCUT2D eigenvalue weighted by molar-refractivity contribution is -0.152. The number of nitrogens with one attached hydrogen (secondary N) is 3. The number of hydrogen-bond donors (Lipinski definition) is 3. The van der Waals surface area contributed by atoms with E-state index >= 15 is 0 Å². The zero-order chi connectivity index (χ0) is 19.2. The summed E-state index contributed by atoms with van der Waals surface area (Å²) in [4.78, 5) is 24.2. The van der Waals surface area contributed by atoms with Crippen LogP contribution in [0.2, 0.25) is 0 Å². The highest BCUT2D eigenvalue weighted by Gasteiger charge is 2.35. The predicted molar refractivity (Wildman–Crippen MR) is 93.0 cm³/mol. The molecule has 2 aromatic carbocycles. The van der Waals surface area contributed by atoms with E-state index in [0.29, 0.717) is 6.54 Å². The normalized spacial score (nSPS) is 18.9. The number of carbonyl (C=O) groups excluding carboxylic acids is 2. The average Bonchev–Trinajstić information content (AvgIpc) is 3.16. The molecule has 2 unspecified atom stereocenters. The zero-order valence-corrected chi connectivity index (χ0v) is 14.4. The molecule has 1 saturated heterocycles. The molecule has 0 radical (unpaired) electrons. The van der Waals surface area contributed by atoms with Gasteiger partial charge in [0.15, 0.2) is 6.61 Å². The standard InChI is InChI=1S/C19H19F2N3O3/c20-14-5-1-12(2-6-14)9-22-17(25)11-27-19(26)16-10-23-24-18(16)13-3-7-15(21)8-4-13/h1-8,16,18,23-24H,9-11H2,(H,22,25). The third-order valence-electron chi connectivity index (χ3n) is 4.26. The zero-order valence-electron chi connectivity index (χ0n) is 14.4. The number of esters is 1. The largest absolute Gasteiger partial charge is 0.455 e. The van der Waals surface area contributed by atoms with E-state index in [9.17, 15) is 18.4 Å². The molecular formula is C19H19F2N3O3. The van der Waals surface area contributed by atoms with Gasteiger partial charge in [0, 0.05) is 13.1 Å². The fourth-order valence-corrected chi connectivity index (χ4v) is 2.80. The summed E-state index contributed by atoms with van der Waals surface area (Å²) in [5.41, 5.74) is 7.31. The first-order valence-electron chi connectivity index (χ1n) is 8.44. The van der Waals surface area contributed by atoms with E-state index in [0.717, 1.165) is 11.1 Å². The van der Waals surface area contributed by atoms with Gasteiger partial charge in [-0.3, -0.25) is 15.0 Å². The van der Waals surface area contributed by atoms with Crippen molar-refractivity contribution >= 4 is 11.9 Å². The Kier molecular flexibility index (Phi) is 6.10. The summed E-state index contributed by atoms with van der Waals surface area (Å²) >= 11 is 0. The van der Waals surface area contributed by atoms with Crippen LogP contribution in [0.25, 0.3) is 0 Å². The van der Waals surface area contributed by atoms with Gasteiger partial charge in [0.05, 0.1) is 12.0 Å². The Morgan fingerprint density at radius 1 is 1.04 bits per heavy atom. The molecule has 1 fully saturated rings. The summed E-state index contributed by atoms with van der Waals surface area (Å²) in [6.45, 7) is 0.131. The van der Waals surface area contributed by atoms with E-state index in [1.54, 1.807) is 24.3 Å². The summed E-state index contributed by atoms with van der Waals surface area (Å²) < 4.78 is 31.0. The van der Waals surface area contributed by atoms with E-state index in [-0.39, 0.29) is 24.2 Å². The summed E-state index contributed by atoms with van der Waals surface area (Å²) in [5.74, 6) is -2.24. The first-order valence-corrected chi connectivity index (χ1v) is 8.44. The van der Waals surface area contributed by atoms with Crippen molar-refractivity contribution in [3.63, 3.8) is 0 Å². The summed E-state index contributed by atoms with van der Waals surface area (Å²) in [7, 11) is 0. The number of hydrazine groups is 1. The number of amides is 1. The van der Waals surface area contributed by atoms with Crippen LogP contribution in [-0.2, 0) is 20.9 Å². The first kappa shape index (κ1) is 18.9. The maximum Gasteiger partial charge on any atom is 0.312 e. The molecule has 0 aromatic heterocycles. The molecule has 0 spiro atoms. The lowest BCUT2D eigenvalue weighted by atomic mass is 9.95. The van der Waals surface area contributed by atoms with Crippen molar-refractivity contribution in [3.05, 3.63) is 71.3 Å². The summed E-state index contributed by atoms with van der Waals surface area (Å²) in [6, 6.07) is 11.2. The van der Waals surface area contributed by atoms with Crippen LogP contribution in [0, 0.1) is 17.6 Å². The molecule has 1 aliphatic heterocycles. The molecule has 0 aliphatic carbocycles. The van der Waals surface area contributed by atoms with Gasteiger partial charge in [-0.25, -0.2) is 14.2 Å². The highest BCUT2D eigenvalue weighted by atomic mass is 19.1. The van der Waals surface area contributed by atoms with Gasteiger partial charge in [-0.05, 0) is 35.4 Å². The minimum Gasteiger partial charge on any atom is -0.455 e. The molecule has 3 N–H and O–H groups in total.